The van der Waals surface area contributed by atoms with Gasteiger partial charge >= 0.3 is 0 Å². The number of benzene rings is 3. The Kier molecular flexibility index (Phi) is 7.27. The predicted molar refractivity (Wildman–Crippen MR) is 121 cm³/mol. The molecule has 0 unspecified atom stereocenters. The molecule has 2 atom stereocenters. The first-order valence-electron chi connectivity index (χ1n) is 10.6. The number of hydrogen-bond donors (Lipinski definition) is 0. The van der Waals surface area contributed by atoms with Crippen LogP contribution in [0.5, 0.6) is 0 Å². The Morgan fingerprint density at radius 2 is 1.29 bits per heavy atom. The van der Waals surface area contributed by atoms with E-state index in [4.69, 9.17) is 9.47 Å². The van der Waals surface area contributed by atoms with Crippen LogP contribution in [0.25, 0.3) is 0 Å². The second-order valence-electron chi connectivity index (χ2n) is 7.64. The van der Waals surface area contributed by atoms with E-state index in [0.29, 0.717) is 26.4 Å². The molecule has 1 heterocycles. The average molecular weight is 414 g/mol. The zero-order chi connectivity index (χ0) is 21.3. The van der Waals surface area contributed by atoms with Crippen LogP contribution in [0.2, 0.25) is 0 Å². The zero-order valence-electron chi connectivity index (χ0n) is 17.5. The third-order valence-electron chi connectivity index (χ3n) is 5.36. The molecule has 0 bridgehead atoms. The molecule has 1 amide bonds. The molecule has 0 N–H and O–H groups in total. The molecule has 3 aromatic carbocycles. The van der Waals surface area contributed by atoms with Gasteiger partial charge in [-0.1, -0.05) is 97.1 Å². The molecule has 4 nitrogen and oxygen atoms in total. The Morgan fingerprint density at radius 3 is 1.90 bits per heavy atom. The fourth-order valence-corrected chi connectivity index (χ4v) is 3.71. The molecule has 1 aliphatic heterocycles. The minimum absolute atomic E-state index is 0.00484. The van der Waals surface area contributed by atoms with Gasteiger partial charge in [0.05, 0.1) is 25.9 Å². The molecule has 0 aliphatic carbocycles. The first-order chi connectivity index (χ1) is 15.3. The van der Waals surface area contributed by atoms with E-state index >= 15 is 0 Å². The van der Waals surface area contributed by atoms with E-state index in [0.717, 1.165) is 16.7 Å². The summed E-state index contributed by atoms with van der Waals surface area (Å²) in [5.41, 5.74) is 3.30. The Balaban J connectivity index is 1.45. The van der Waals surface area contributed by atoms with E-state index in [1.54, 1.807) is 6.08 Å². The van der Waals surface area contributed by atoms with Crippen LogP contribution in [0.3, 0.4) is 0 Å². The Labute approximate surface area is 183 Å². The van der Waals surface area contributed by atoms with E-state index in [1.165, 1.54) is 0 Å². The molecule has 4 rings (SSSR count). The lowest BCUT2D eigenvalue weighted by Gasteiger charge is -2.31. The summed E-state index contributed by atoms with van der Waals surface area (Å²) in [5.74, 6) is 0.00484. The highest BCUT2D eigenvalue weighted by Crippen LogP contribution is 2.22. The van der Waals surface area contributed by atoms with Crippen LogP contribution in [0.15, 0.2) is 103 Å². The van der Waals surface area contributed by atoms with Crippen molar-refractivity contribution in [3.05, 3.63) is 120 Å². The van der Waals surface area contributed by atoms with Gasteiger partial charge in [0.2, 0.25) is 5.91 Å². The number of carbonyl (C=O) groups is 1. The third-order valence-corrected chi connectivity index (χ3v) is 5.36. The largest absolute Gasteiger partial charge is 0.374 e. The second kappa shape index (κ2) is 10.7. The summed E-state index contributed by atoms with van der Waals surface area (Å²) in [6.45, 7) is 1.92. The molecule has 0 spiro atoms. The number of nitrogens with zero attached hydrogens (tertiary/aromatic N) is 1. The van der Waals surface area contributed by atoms with E-state index < -0.39 is 0 Å². The lowest BCUT2D eigenvalue weighted by Crippen LogP contribution is -2.44. The zero-order valence-corrected chi connectivity index (χ0v) is 17.5. The van der Waals surface area contributed by atoms with Gasteiger partial charge in [-0.2, -0.15) is 0 Å². The predicted octanol–water partition coefficient (Wildman–Crippen LogP) is 4.76. The monoisotopic (exact) mass is 413 g/mol. The minimum atomic E-state index is -0.268. The van der Waals surface area contributed by atoms with E-state index in [9.17, 15) is 4.79 Å². The third kappa shape index (κ3) is 5.91. The molecular formula is C27H27NO3. The molecular weight excluding hydrogens is 386 g/mol. The normalized spacial score (nSPS) is 16.6. The first kappa shape index (κ1) is 21.0. The molecule has 0 aromatic heterocycles. The molecule has 158 valence electrons. The van der Waals surface area contributed by atoms with Crippen molar-refractivity contribution >= 4 is 5.91 Å². The van der Waals surface area contributed by atoms with E-state index in [-0.39, 0.29) is 18.1 Å². The standard InChI is InChI=1S/C27H27NO3/c29-27-17-16-25(28(27)18-22-10-4-1-5-11-22)26(31-20-24-14-8-3-9-15-24)21-30-19-23-12-6-2-7-13-23/h1-17,25-26H,18-21H2/t25-,26-/m1/s1. The van der Waals surface area contributed by atoms with Crippen LogP contribution in [-0.4, -0.2) is 29.6 Å². The van der Waals surface area contributed by atoms with Gasteiger partial charge in [-0.3, -0.25) is 4.79 Å². The van der Waals surface area contributed by atoms with Crippen molar-refractivity contribution in [2.75, 3.05) is 6.61 Å². The maximum atomic E-state index is 12.6. The summed E-state index contributed by atoms with van der Waals surface area (Å²) >= 11 is 0. The van der Waals surface area contributed by atoms with Gasteiger partial charge in [-0.25, -0.2) is 0 Å². The van der Waals surface area contributed by atoms with E-state index in [1.807, 2.05) is 102 Å². The van der Waals surface area contributed by atoms with Crippen molar-refractivity contribution in [3.8, 4) is 0 Å². The Bertz CT molecular complexity index is 973. The average Bonchev–Trinajstić information content (AvgIpc) is 3.18. The van der Waals surface area contributed by atoms with Crippen molar-refractivity contribution in [1.29, 1.82) is 0 Å². The van der Waals surface area contributed by atoms with Crippen LogP contribution in [-0.2, 0) is 34.0 Å². The van der Waals surface area contributed by atoms with Gasteiger partial charge in [0.25, 0.3) is 0 Å². The van der Waals surface area contributed by atoms with Crippen molar-refractivity contribution < 1.29 is 14.3 Å². The lowest BCUT2D eigenvalue weighted by atomic mass is 10.1. The van der Waals surface area contributed by atoms with Crippen LogP contribution in [0.4, 0.5) is 0 Å². The summed E-state index contributed by atoms with van der Waals surface area (Å²) in [6, 6.07) is 30.0. The van der Waals surface area contributed by atoms with Crippen molar-refractivity contribution in [2.45, 2.75) is 31.9 Å². The number of amides is 1. The van der Waals surface area contributed by atoms with Crippen LogP contribution in [0, 0.1) is 0 Å². The van der Waals surface area contributed by atoms with Crippen LogP contribution < -0.4 is 0 Å². The summed E-state index contributed by atoms with van der Waals surface area (Å²) in [4.78, 5) is 14.5. The van der Waals surface area contributed by atoms with Gasteiger partial charge in [-0.15, -0.1) is 0 Å². The second-order valence-corrected chi connectivity index (χ2v) is 7.64. The van der Waals surface area contributed by atoms with Crippen molar-refractivity contribution in [2.24, 2.45) is 0 Å². The highest BCUT2D eigenvalue weighted by Gasteiger charge is 2.33. The summed E-state index contributed by atoms with van der Waals surface area (Å²) < 4.78 is 12.3. The summed E-state index contributed by atoms with van der Waals surface area (Å²) in [6.07, 6.45) is 3.31. The van der Waals surface area contributed by atoms with E-state index in [2.05, 4.69) is 0 Å². The maximum Gasteiger partial charge on any atom is 0.247 e. The molecule has 3 aromatic rings. The smallest absolute Gasteiger partial charge is 0.247 e. The van der Waals surface area contributed by atoms with Gasteiger partial charge in [-0.05, 0) is 16.7 Å². The number of hydrogen-bond acceptors (Lipinski definition) is 3. The molecule has 0 radical (unpaired) electrons. The molecule has 0 saturated heterocycles. The minimum Gasteiger partial charge on any atom is -0.374 e. The van der Waals surface area contributed by atoms with Crippen LogP contribution >= 0.6 is 0 Å². The molecule has 4 heteroatoms. The molecule has 31 heavy (non-hydrogen) atoms. The quantitative estimate of drug-likeness (QED) is 0.481. The van der Waals surface area contributed by atoms with Gasteiger partial charge in [0.1, 0.15) is 6.10 Å². The molecule has 0 fully saturated rings. The highest BCUT2D eigenvalue weighted by molar-refractivity contribution is 5.90. The Hall–Kier alpha value is -3.21. The summed E-state index contributed by atoms with van der Waals surface area (Å²) in [7, 11) is 0. The van der Waals surface area contributed by atoms with Gasteiger partial charge in [0, 0.05) is 12.6 Å². The topological polar surface area (TPSA) is 38.8 Å². The maximum absolute atomic E-state index is 12.6. The fraction of sp³-hybridized carbons (Fsp3) is 0.222. The van der Waals surface area contributed by atoms with Gasteiger partial charge < -0.3 is 14.4 Å². The van der Waals surface area contributed by atoms with Gasteiger partial charge in [0.15, 0.2) is 0 Å². The van der Waals surface area contributed by atoms with Crippen LogP contribution in [0.1, 0.15) is 16.7 Å². The Morgan fingerprint density at radius 1 is 0.742 bits per heavy atom. The van der Waals surface area contributed by atoms with Crippen molar-refractivity contribution in [1.82, 2.24) is 4.90 Å². The number of ether oxygens (including phenoxy) is 2. The SMILES string of the molecule is O=C1C=C[C@H]([C@@H](COCc2ccccc2)OCc2ccccc2)N1Cc1ccccc1. The highest BCUT2D eigenvalue weighted by atomic mass is 16.5. The fourth-order valence-electron chi connectivity index (χ4n) is 3.71. The first-order valence-corrected chi connectivity index (χ1v) is 10.6. The number of rotatable bonds is 10. The van der Waals surface area contributed by atoms with Crippen molar-refractivity contribution in [3.63, 3.8) is 0 Å². The molecule has 1 aliphatic rings. The summed E-state index contributed by atoms with van der Waals surface area (Å²) in [5, 5.41) is 0. The number of carbonyl (C=O) groups excluding carboxylic acids is 1. The molecule has 0 saturated carbocycles. The lowest BCUT2D eigenvalue weighted by molar-refractivity contribution is -0.131.